The van der Waals surface area contributed by atoms with Crippen LogP contribution in [0.3, 0.4) is 0 Å². The van der Waals surface area contributed by atoms with E-state index in [4.69, 9.17) is 13.2 Å². The highest BCUT2D eigenvalue weighted by atomic mass is 14.6. The maximum atomic E-state index is 4.94. The van der Waals surface area contributed by atoms with Gasteiger partial charge in [0.15, 0.2) is 0 Å². The van der Waals surface area contributed by atoms with Gasteiger partial charge in [0.2, 0.25) is 0 Å². The van der Waals surface area contributed by atoms with E-state index in [0.717, 1.165) is 31.3 Å². The largest absolute Gasteiger partial charge is 0.0955 e. The Hall–Kier alpha value is -2.08. The highest BCUT2D eigenvalue weighted by molar-refractivity contribution is 5.87. The first-order valence-corrected chi connectivity index (χ1v) is 15.8. The van der Waals surface area contributed by atoms with Crippen LogP contribution in [0.1, 0.15) is 136 Å². The lowest BCUT2D eigenvalue weighted by Crippen LogP contribution is -2.52. The molecule has 0 fully saturated rings. The Balaban J connectivity index is 1.93. The van der Waals surface area contributed by atoms with Gasteiger partial charge in [-0.2, -0.15) is 0 Å². The summed E-state index contributed by atoms with van der Waals surface area (Å²) in [4.78, 5) is 0. The zero-order chi connectivity index (χ0) is 30.3. The first kappa shape index (κ1) is 30.9. The van der Waals surface area contributed by atoms with E-state index in [1.807, 2.05) is 0 Å². The molecule has 218 valence electrons. The van der Waals surface area contributed by atoms with Gasteiger partial charge in [0.1, 0.15) is 0 Å². The van der Waals surface area contributed by atoms with Crippen LogP contribution in [0.15, 0.2) is 59.2 Å². The Bertz CT molecular complexity index is 1360. The summed E-state index contributed by atoms with van der Waals surface area (Å²) in [7, 11) is 0. The molecular weight excluding hydrogens is 480 g/mol. The van der Waals surface area contributed by atoms with Gasteiger partial charge in [0.25, 0.3) is 0 Å². The molecule has 0 bridgehead atoms. The summed E-state index contributed by atoms with van der Waals surface area (Å²) in [6.07, 6.45) is 5.72. The predicted molar refractivity (Wildman–Crippen MR) is 178 cm³/mol. The first-order valence-electron chi connectivity index (χ1n) is 15.8. The molecule has 0 spiro atoms. The molecule has 4 atom stereocenters. The van der Waals surface area contributed by atoms with Gasteiger partial charge >= 0.3 is 0 Å². The minimum absolute atomic E-state index is 0.0715. The van der Waals surface area contributed by atoms with E-state index in [-0.39, 0.29) is 16.2 Å². The zero-order valence-corrected chi connectivity index (χ0v) is 28.4. The molecule has 0 radical (unpaired) electrons. The van der Waals surface area contributed by atoms with Crippen LogP contribution in [0.25, 0.3) is 5.57 Å². The Morgan fingerprint density at radius 3 is 2.12 bits per heavy atom. The monoisotopic (exact) mass is 538 g/mol. The molecule has 0 N–H and O–H groups in total. The first-order chi connectivity index (χ1) is 18.2. The van der Waals surface area contributed by atoms with Gasteiger partial charge in [-0.25, -0.2) is 0 Å². The summed E-state index contributed by atoms with van der Waals surface area (Å²) in [5.74, 6) is 1.17. The van der Waals surface area contributed by atoms with Gasteiger partial charge < -0.3 is 0 Å². The van der Waals surface area contributed by atoms with Gasteiger partial charge in [-0.05, 0) is 138 Å². The number of hydrogen-bond donors (Lipinski definition) is 0. The standard InChI is InChI=1S/C40H58/c1-23(2)32-19-31(18-17-26(6)37(11,12)13)27(7)35-28(8)36-30(10)40(16)29(9)34(24(3)4)25(5)20-39(40,15)22-38(36,14)21-33(32)35/h19,23,26H,3,8-9,17-18,20-22H2,1-2,4-7,10-16H3/t26?,38-,39+,40-/m1/s1. The summed E-state index contributed by atoms with van der Waals surface area (Å²) >= 11 is 0. The van der Waals surface area contributed by atoms with Crippen LogP contribution in [0.4, 0.5) is 0 Å². The van der Waals surface area contributed by atoms with E-state index in [1.165, 1.54) is 56.5 Å². The van der Waals surface area contributed by atoms with Gasteiger partial charge in [0.05, 0.1) is 0 Å². The van der Waals surface area contributed by atoms with Crippen molar-refractivity contribution in [1.29, 1.82) is 0 Å². The second-order valence-electron chi connectivity index (χ2n) is 16.2. The third kappa shape index (κ3) is 4.39. The molecule has 0 amide bonds. The lowest BCUT2D eigenvalue weighted by Gasteiger charge is -2.62. The minimum atomic E-state index is -0.107. The van der Waals surface area contributed by atoms with E-state index >= 15 is 0 Å². The third-order valence-electron chi connectivity index (χ3n) is 12.1. The van der Waals surface area contributed by atoms with Crippen molar-refractivity contribution in [2.45, 2.75) is 128 Å². The fourth-order valence-electron chi connectivity index (χ4n) is 9.26. The third-order valence-corrected chi connectivity index (χ3v) is 12.1. The molecule has 0 heterocycles. The number of allylic oxidation sites excluding steroid dienone is 7. The van der Waals surface area contributed by atoms with Crippen LogP contribution in [-0.2, 0) is 12.8 Å². The molecule has 0 aliphatic heterocycles. The van der Waals surface area contributed by atoms with Crippen LogP contribution in [0, 0.1) is 34.5 Å². The van der Waals surface area contributed by atoms with Crippen molar-refractivity contribution < 1.29 is 0 Å². The van der Waals surface area contributed by atoms with E-state index < -0.39 is 0 Å². The molecule has 3 aliphatic carbocycles. The average Bonchev–Trinajstić information content (AvgIpc) is 2.79. The molecule has 1 unspecified atom stereocenters. The predicted octanol–water partition coefficient (Wildman–Crippen LogP) is 11.9. The number of hydrogen-bond acceptors (Lipinski definition) is 0. The summed E-state index contributed by atoms with van der Waals surface area (Å²) in [6, 6.07) is 2.58. The number of aryl methyl sites for hydroxylation is 1. The van der Waals surface area contributed by atoms with Crippen molar-refractivity contribution in [2.24, 2.45) is 27.6 Å². The smallest absolute Gasteiger partial charge is 0.0194 e. The molecule has 1 aromatic rings. The molecule has 4 rings (SSSR count). The van der Waals surface area contributed by atoms with Crippen molar-refractivity contribution in [3.05, 3.63) is 87.1 Å². The summed E-state index contributed by atoms with van der Waals surface area (Å²) in [6.45, 7) is 45.2. The second kappa shape index (κ2) is 9.74. The highest BCUT2D eigenvalue weighted by Gasteiger charge is 2.59. The van der Waals surface area contributed by atoms with Gasteiger partial charge in [-0.1, -0.05) is 105 Å². The van der Waals surface area contributed by atoms with Crippen LogP contribution in [0.2, 0.25) is 0 Å². The summed E-state index contributed by atoms with van der Waals surface area (Å²) in [5, 5.41) is 0. The Kier molecular flexibility index (Phi) is 7.52. The lowest BCUT2D eigenvalue weighted by molar-refractivity contribution is 0.0543. The Morgan fingerprint density at radius 1 is 1.00 bits per heavy atom. The van der Waals surface area contributed by atoms with Crippen molar-refractivity contribution in [1.82, 2.24) is 0 Å². The molecule has 0 saturated heterocycles. The van der Waals surface area contributed by atoms with E-state index in [2.05, 4.69) is 103 Å². The SMILES string of the molecule is C=C(C)C1=C(C)C[C@@]2(C)C[C@@]3(C)Cc4c(C(C)C)cc(CCC(C)C(C)(C)C)c(C)c4C(=C)C3=C(C)[C@@]2(C)C1=C. The summed E-state index contributed by atoms with van der Waals surface area (Å²) < 4.78 is 0. The van der Waals surface area contributed by atoms with Gasteiger partial charge in [-0.3, -0.25) is 0 Å². The summed E-state index contributed by atoms with van der Waals surface area (Å²) in [5.41, 5.74) is 17.5. The van der Waals surface area contributed by atoms with Gasteiger partial charge in [-0.15, -0.1) is 0 Å². The second-order valence-corrected chi connectivity index (χ2v) is 16.2. The topological polar surface area (TPSA) is 0 Å². The van der Waals surface area contributed by atoms with Crippen molar-refractivity contribution in [3.8, 4) is 0 Å². The average molecular weight is 539 g/mol. The maximum absolute atomic E-state index is 4.94. The molecule has 0 nitrogen and oxygen atoms in total. The Morgan fingerprint density at radius 2 is 1.60 bits per heavy atom. The van der Waals surface area contributed by atoms with Crippen molar-refractivity contribution in [2.75, 3.05) is 0 Å². The van der Waals surface area contributed by atoms with E-state index in [0.29, 0.717) is 17.3 Å². The van der Waals surface area contributed by atoms with E-state index in [9.17, 15) is 0 Å². The molecule has 40 heavy (non-hydrogen) atoms. The normalized spacial score (nSPS) is 29.4. The van der Waals surface area contributed by atoms with Crippen LogP contribution in [-0.4, -0.2) is 0 Å². The molecule has 1 aromatic carbocycles. The Labute approximate surface area is 247 Å². The van der Waals surface area contributed by atoms with Crippen LogP contribution in [0.5, 0.6) is 0 Å². The molecule has 0 heteroatoms. The number of rotatable bonds is 5. The number of fused-ring (bicyclic) bond motifs is 3. The van der Waals surface area contributed by atoms with Gasteiger partial charge in [0, 0.05) is 5.41 Å². The van der Waals surface area contributed by atoms with Crippen molar-refractivity contribution >= 4 is 5.57 Å². The lowest BCUT2D eigenvalue weighted by atomic mass is 9.41. The maximum Gasteiger partial charge on any atom is 0.0194 e. The fourth-order valence-corrected chi connectivity index (χ4v) is 9.26. The zero-order valence-electron chi connectivity index (χ0n) is 28.4. The number of benzene rings is 1. The molecule has 0 saturated carbocycles. The fraction of sp³-hybridized carbons (Fsp3) is 0.600. The van der Waals surface area contributed by atoms with E-state index in [1.54, 1.807) is 11.1 Å². The molecular formula is C40H58. The minimum Gasteiger partial charge on any atom is -0.0955 e. The van der Waals surface area contributed by atoms with Crippen molar-refractivity contribution in [3.63, 3.8) is 0 Å². The quantitative estimate of drug-likeness (QED) is 0.350. The van der Waals surface area contributed by atoms with Crippen LogP contribution < -0.4 is 0 Å². The highest BCUT2D eigenvalue weighted by Crippen LogP contribution is 2.70. The molecule has 0 aromatic heterocycles. The molecule has 3 aliphatic rings. The van der Waals surface area contributed by atoms with Crippen LogP contribution >= 0.6 is 0 Å².